The van der Waals surface area contributed by atoms with Gasteiger partial charge in [-0.2, -0.15) is 0 Å². The zero-order valence-electron chi connectivity index (χ0n) is 20.3. The van der Waals surface area contributed by atoms with Gasteiger partial charge in [0.2, 0.25) is 0 Å². The van der Waals surface area contributed by atoms with Crippen LogP contribution in [0.5, 0.6) is 0 Å². The van der Waals surface area contributed by atoms with Gasteiger partial charge in [-0.15, -0.1) is 0 Å². The molecule has 1 aliphatic rings. The first-order valence-corrected chi connectivity index (χ1v) is 11.4. The van der Waals surface area contributed by atoms with Crippen molar-refractivity contribution >= 4 is 28.7 Å². The molecule has 8 heteroatoms. The highest BCUT2D eigenvalue weighted by Gasteiger charge is 2.33. The number of likely N-dealkylation sites (N-methyl/N-ethyl adjacent to an activating group) is 1. The molecule has 0 bridgehead atoms. The lowest BCUT2D eigenvalue weighted by atomic mass is 9.82. The minimum absolute atomic E-state index is 0.0650. The number of anilines is 2. The average Bonchev–Trinajstić information content (AvgIpc) is 2.83. The Bertz CT molecular complexity index is 1050. The molecular weight excluding hydrogens is 434 g/mol. The molecule has 0 aromatic heterocycles. The molecular formula is C26H33N3O5. The van der Waals surface area contributed by atoms with Gasteiger partial charge in [-0.05, 0) is 26.2 Å². The van der Waals surface area contributed by atoms with Crippen molar-refractivity contribution in [3.05, 3.63) is 58.7 Å². The summed E-state index contributed by atoms with van der Waals surface area (Å²) in [6.45, 7) is 1.77. The number of nitrogens with zero attached hydrogens (tertiary/aromatic N) is 1. The second kappa shape index (κ2) is 11.9. The number of Topliss-reactive ketones (excluding diaryl/α,β-unsaturated/α-hetero) is 1. The first-order valence-electron chi connectivity index (χ1n) is 11.4. The van der Waals surface area contributed by atoms with E-state index < -0.39 is 6.29 Å². The SMILES string of the molecule is COC(CCC(=O)CCNc1ccc(NCCN(C)C)c2c1C(=O)c1ccccc1C2=O)OC. The molecule has 0 unspecified atom stereocenters. The fourth-order valence-corrected chi connectivity index (χ4v) is 4.00. The highest BCUT2D eigenvalue weighted by Crippen LogP contribution is 2.36. The molecule has 0 fully saturated rings. The Balaban J connectivity index is 1.80. The second-order valence-electron chi connectivity index (χ2n) is 8.50. The molecule has 8 nitrogen and oxygen atoms in total. The third-order valence-corrected chi connectivity index (χ3v) is 5.85. The largest absolute Gasteiger partial charge is 0.384 e. The lowest BCUT2D eigenvalue weighted by molar-refractivity contribution is -0.126. The average molecular weight is 468 g/mol. The normalized spacial score (nSPS) is 12.6. The van der Waals surface area contributed by atoms with E-state index in [1.54, 1.807) is 44.6 Å². The molecule has 2 N–H and O–H groups in total. The van der Waals surface area contributed by atoms with E-state index in [1.165, 1.54) is 0 Å². The lowest BCUT2D eigenvalue weighted by Crippen LogP contribution is -2.26. The summed E-state index contributed by atoms with van der Waals surface area (Å²) in [5.74, 6) is -0.309. The Kier molecular flexibility index (Phi) is 8.92. The number of hydrogen-bond donors (Lipinski definition) is 2. The molecule has 0 radical (unpaired) electrons. The van der Waals surface area contributed by atoms with Gasteiger partial charge in [0.25, 0.3) is 0 Å². The maximum atomic E-state index is 13.4. The van der Waals surface area contributed by atoms with Gasteiger partial charge in [-0.25, -0.2) is 0 Å². The van der Waals surface area contributed by atoms with Gasteiger partial charge < -0.3 is 25.0 Å². The lowest BCUT2D eigenvalue weighted by Gasteiger charge is -2.24. The van der Waals surface area contributed by atoms with Crippen molar-refractivity contribution in [1.82, 2.24) is 4.90 Å². The van der Waals surface area contributed by atoms with E-state index in [2.05, 4.69) is 10.6 Å². The molecule has 0 saturated heterocycles. The molecule has 2 aromatic carbocycles. The van der Waals surface area contributed by atoms with E-state index in [0.717, 1.165) is 6.54 Å². The van der Waals surface area contributed by atoms with E-state index in [-0.39, 0.29) is 23.8 Å². The standard InChI is InChI=1S/C26H33N3O5/c1-29(2)16-15-28-21-11-10-20(27-14-13-17(30)9-12-22(33-3)34-4)23-24(21)26(32)19-8-6-5-7-18(19)25(23)31/h5-8,10-11,22,27-28H,9,12-16H2,1-4H3. The molecule has 0 aliphatic heterocycles. The molecule has 182 valence electrons. The van der Waals surface area contributed by atoms with E-state index >= 15 is 0 Å². The van der Waals surface area contributed by atoms with Gasteiger partial charge in [-0.3, -0.25) is 14.4 Å². The van der Waals surface area contributed by atoms with Crippen LogP contribution in [0.2, 0.25) is 0 Å². The highest BCUT2D eigenvalue weighted by atomic mass is 16.7. The first kappa shape index (κ1) is 25.6. The molecule has 0 atom stereocenters. The molecule has 3 rings (SSSR count). The minimum Gasteiger partial charge on any atom is -0.384 e. The van der Waals surface area contributed by atoms with Crippen LogP contribution < -0.4 is 10.6 Å². The molecule has 2 aromatic rings. The number of benzene rings is 2. The van der Waals surface area contributed by atoms with Gasteiger partial charge in [0.15, 0.2) is 17.9 Å². The van der Waals surface area contributed by atoms with Crippen LogP contribution in [0.3, 0.4) is 0 Å². The Labute approximate surface area is 200 Å². The summed E-state index contributed by atoms with van der Waals surface area (Å²) in [5.41, 5.74) is 2.73. The van der Waals surface area contributed by atoms with Gasteiger partial charge in [-0.1, -0.05) is 24.3 Å². The van der Waals surface area contributed by atoms with Crippen LogP contribution in [0, 0.1) is 0 Å². The third kappa shape index (κ3) is 5.88. The number of rotatable bonds is 13. The van der Waals surface area contributed by atoms with Gasteiger partial charge in [0.1, 0.15) is 5.78 Å². The number of fused-ring (bicyclic) bond motifs is 2. The fraction of sp³-hybridized carbons (Fsp3) is 0.423. The van der Waals surface area contributed by atoms with Crippen LogP contribution in [0.15, 0.2) is 36.4 Å². The quantitative estimate of drug-likeness (QED) is 0.370. The zero-order chi connectivity index (χ0) is 24.7. The van der Waals surface area contributed by atoms with Crippen LogP contribution >= 0.6 is 0 Å². The van der Waals surface area contributed by atoms with Crippen molar-refractivity contribution < 1.29 is 23.9 Å². The van der Waals surface area contributed by atoms with Gasteiger partial charge in [0.05, 0.1) is 11.1 Å². The maximum Gasteiger partial charge on any atom is 0.196 e. The Morgan fingerprint density at radius 1 is 0.853 bits per heavy atom. The summed E-state index contributed by atoms with van der Waals surface area (Å²) in [6.07, 6.45) is 0.709. The summed E-state index contributed by atoms with van der Waals surface area (Å²) in [4.78, 5) is 41.1. The maximum absolute atomic E-state index is 13.4. The van der Waals surface area contributed by atoms with E-state index in [0.29, 0.717) is 59.6 Å². The molecule has 0 heterocycles. The van der Waals surface area contributed by atoms with Crippen molar-refractivity contribution in [2.24, 2.45) is 0 Å². The molecule has 0 amide bonds. The van der Waals surface area contributed by atoms with E-state index in [1.807, 2.05) is 25.1 Å². The monoisotopic (exact) mass is 467 g/mol. The zero-order valence-corrected chi connectivity index (χ0v) is 20.3. The van der Waals surface area contributed by atoms with Gasteiger partial charge >= 0.3 is 0 Å². The number of hydrogen-bond acceptors (Lipinski definition) is 8. The van der Waals surface area contributed by atoms with Crippen LogP contribution in [-0.2, 0) is 14.3 Å². The van der Waals surface area contributed by atoms with E-state index in [9.17, 15) is 14.4 Å². The number of ether oxygens (including phenoxy) is 2. The van der Waals surface area contributed by atoms with Crippen LogP contribution in [0.25, 0.3) is 0 Å². The van der Waals surface area contributed by atoms with Crippen molar-refractivity contribution in [3.63, 3.8) is 0 Å². The summed E-state index contributed by atoms with van der Waals surface area (Å²) in [5, 5.41) is 6.52. The Hall–Kier alpha value is -3.07. The summed E-state index contributed by atoms with van der Waals surface area (Å²) in [7, 11) is 7.03. The van der Waals surface area contributed by atoms with Crippen molar-refractivity contribution in [2.45, 2.75) is 25.6 Å². The van der Waals surface area contributed by atoms with Crippen LogP contribution in [0.1, 0.15) is 51.1 Å². The number of carbonyl (C=O) groups excluding carboxylic acids is 3. The topological polar surface area (TPSA) is 97.0 Å². The van der Waals surface area contributed by atoms with E-state index in [4.69, 9.17) is 9.47 Å². The summed E-state index contributed by atoms with van der Waals surface area (Å²) >= 11 is 0. The smallest absolute Gasteiger partial charge is 0.196 e. The number of ketones is 3. The fourth-order valence-electron chi connectivity index (χ4n) is 4.00. The van der Waals surface area contributed by atoms with Crippen LogP contribution in [0.4, 0.5) is 11.4 Å². The minimum atomic E-state index is -0.403. The van der Waals surface area contributed by atoms with Crippen molar-refractivity contribution in [3.8, 4) is 0 Å². The second-order valence-corrected chi connectivity index (χ2v) is 8.50. The molecule has 0 spiro atoms. The molecule has 1 aliphatic carbocycles. The van der Waals surface area contributed by atoms with Crippen LogP contribution in [-0.4, -0.2) is 76.5 Å². The predicted molar refractivity (Wildman–Crippen MR) is 132 cm³/mol. The number of methoxy groups -OCH3 is 2. The molecule has 0 saturated carbocycles. The van der Waals surface area contributed by atoms with Gasteiger partial charge in [0, 0.05) is 75.6 Å². The highest BCUT2D eigenvalue weighted by molar-refractivity contribution is 6.31. The summed E-state index contributed by atoms with van der Waals surface area (Å²) < 4.78 is 10.2. The summed E-state index contributed by atoms with van der Waals surface area (Å²) in [6, 6.07) is 10.5. The van der Waals surface area contributed by atoms with Crippen molar-refractivity contribution in [1.29, 1.82) is 0 Å². The number of nitrogens with one attached hydrogen (secondary N) is 2. The Morgan fingerprint density at radius 3 is 1.88 bits per heavy atom. The molecule has 34 heavy (non-hydrogen) atoms. The number of carbonyl (C=O) groups is 3. The Morgan fingerprint density at radius 2 is 1.38 bits per heavy atom. The first-order chi connectivity index (χ1) is 16.4. The van der Waals surface area contributed by atoms with Crippen molar-refractivity contribution in [2.75, 3.05) is 58.6 Å². The third-order valence-electron chi connectivity index (χ3n) is 5.85. The predicted octanol–water partition coefficient (Wildman–Crippen LogP) is 3.21.